The van der Waals surface area contributed by atoms with Crippen LogP contribution in [-0.4, -0.2) is 10.6 Å². The molecule has 0 saturated heterocycles. The van der Waals surface area contributed by atoms with Crippen LogP contribution in [-0.2, 0) is 6.42 Å². The maximum absolute atomic E-state index is 5.93. The molecule has 3 aromatic rings. The molecule has 0 aliphatic rings. The van der Waals surface area contributed by atoms with Crippen LogP contribution in [0.5, 0.6) is 5.88 Å². The average molecular weight is 398 g/mol. The van der Waals surface area contributed by atoms with Gasteiger partial charge in [0.25, 0.3) is 0 Å². The van der Waals surface area contributed by atoms with E-state index in [2.05, 4.69) is 49.1 Å². The minimum absolute atomic E-state index is 0.284. The van der Waals surface area contributed by atoms with Gasteiger partial charge in [0.2, 0.25) is 5.88 Å². The molecular formula is C28H31NO. The van der Waals surface area contributed by atoms with Crippen LogP contribution in [0.1, 0.15) is 63.6 Å². The lowest BCUT2D eigenvalue weighted by Crippen LogP contribution is -2.23. The van der Waals surface area contributed by atoms with Crippen LogP contribution in [0.25, 0.3) is 11.3 Å². The summed E-state index contributed by atoms with van der Waals surface area (Å²) in [6, 6.07) is 22.6. The number of aromatic nitrogens is 1. The minimum Gasteiger partial charge on any atom is -0.472 e. The van der Waals surface area contributed by atoms with Gasteiger partial charge in [-0.1, -0.05) is 68.0 Å². The summed E-state index contributed by atoms with van der Waals surface area (Å²) in [5.41, 5.74) is 4.97. The molecule has 2 heteroatoms. The third kappa shape index (κ3) is 6.49. The molecule has 0 aliphatic heterocycles. The second-order valence-electron chi connectivity index (χ2n) is 8.53. The molecule has 0 fully saturated rings. The maximum Gasteiger partial charge on any atom is 0.214 e. The topological polar surface area (TPSA) is 22.1 Å². The zero-order valence-electron chi connectivity index (χ0n) is 18.5. The molecule has 154 valence electrons. The monoisotopic (exact) mass is 397 g/mol. The van der Waals surface area contributed by atoms with E-state index in [0.29, 0.717) is 5.88 Å². The Balaban J connectivity index is 1.81. The number of aryl methyl sites for hydroxylation is 1. The summed E-state index contributed by atoms with van der Waals surface area (Å²) in [6.45, 7) is 8.31. The Morgan fingerprint density at radius 1 is 0.833 bits per heavy atom. The highest BCUT2D eigenvalue weighted by molar-refractivity contribution is 5.69. The Kier molecular flexibility index (Phi) is 7.31. The van der Waals surface area contributed by atoms with Gasteiger partial charge in [-0.2, -0.15) is 0 Å². The van der Waals surface area contributed by atoms with Crippen molar-refractivity contribution in [2.24, 2.45) is 0 Å². The molecule has 0 amide bonds. The SMILES string of the molecule is CCCCCc1ccc(C#Cc2ccccc2-c2cccc(OC(C)(C)C)n2)cc1. The second kappa shape index (κ2) is 10.1. The van der Waals surface area contributed by atoms with Gasteiger partial charge in [0.15, 0.2) is 0 Å². The normalized spacial score (nSPS) is 10.9. The Bertz CT molecular complexity index is 1020. The Labute approximate surface area is 181 Å². The molecule has 2 nitrogen and oxygen atoms in total. The van der Waals surface area contributed by atoms with E-state index in [1.54, 1.807) is 0 Å². The predicted octanol–water partition coefficient (Wildman–Crippen LogP) is 7.06. The highest BCUT2D eigenvalue weighted by Crippen LogP contribution is 2.25. The van der Waals surface area contributed by atoms with Crippen LogP contribution >= 0.6 is 0 Å². The van der Waals surface area contributed by atoms with Crippen LogP contribution in [0.15, 0.2) is 66.7 Å². The number of ether oxygens (including phenoxy) is 1. The zero-order valence-corrected chi connectivity index (χ0v) is 18.5. The van der Waals surface area contributed by atoms with Gasteiger partial charge in [0.1, 0.15) is 5.60 Å². The third-order valence-electron chi connectivity index (χ3n) is 4.70. The summed E-state index contributed by atoms with van der Waals surface area (Å²) in [5.74, 6) is 7.27. The molecule has 30 heavy (non-hydrogen) atoms. The fourth-order valence-corrected chi connectivity index (χ4v) is 3.22. The number of pyridine rings is 1. The van der Waals surface area contributed by atoms with E-state index in [-0.39, 0.29) is 5.60 Å². The van der Waals surface area contributed by atoms with Crippen molar-refractivity contribution in [2.75, 3.05) is 0 Å². The first-order chi connectivity index (χ1) is 14.4. The van der Waals surface area contributed by atoms with Crippen LogP contribution in [0.3, 0.4) is 0 Å². The van der Waals surface area contributed by atoms with E-state index in [4.69, 9.17) is 9.72 Å². The van der Waals surface area contributed by atoms with Crippen LogP contribution < -0.4 is 4.74 Å². The molecule has 0 N–H and O–H groups in total. The van der Waals surface area contributed by atoms with Gasteiger partial charge in [0.05, 0.1) is 5.69 Å². The molecule has 0 spiro atoms. The fourth-order valence-electron chi connectivity index (χ4n) is 3.22. The maximum atomic E-state index is 5.93. The summed E-state index contributed by atoms with van der Waals surface area (Å²) < 4.78 is 5.93. The average Bonchev–Trinajstić information content (AvgIpc) is 2.72. The van der Waals surface area contributed by atoms with E-state index < -0.39 is 0 Å². The van der Waals surface area contributed by atoms with Gasteiger partial charge < -0.3 is 4.74 Å². The smallest absolute Gasteiger partial charge is 0.214 e. The first-order valence-electron chi connectivity index (χ1n) is 10.8. The van der Waals surface area contributed by atoms with E-state index in [1.807, 2.05) is 57.2 Å². The van der Waals surface area contributed by atoms with Crippen LogP contribution in [0, 0.1) is 11.8 Å². The van der Waals surface area contributed by atoms with Gasteiger partial charge in [0, 0.05) is 22.8 Å². The molecule has 0 radical (unpaired) electrons. The molecule has 3 rings (SSSR count). The van der Waals surface area contributed by atoms with Gasteiger partial charge in [-0.05, 0) is 63.4 Å². The Morgan fingerprint density at radius 3 is 2.33 bits per heavy atom. The highest BCUT2D eigenvalue weighted by Gasteiger charge is 2.13. The Morgan fingerprint density at radius 2 is 1.60 bits per heavy atom. The summed E-state index contributed by atoms with van der Waals surface area (Å²) in [4.78, 5) is 4.70. The molecular weight excluding hydrogens is 366 g/mol. The summed E-state index contributed by atoms with van der Waals surface area (Å²) in [6.07, 6.45) is 4.93. The minimum atomic E-state index is -0.284. The lowest BCUT2D eigenvalue weighted by atomic mass is 10.0. The number of unbranched alkanes of at least 4 members (excludes halogenated alkanes) is 2. The van der Waals surface area contributed by atoms with Crippen molar-refractivity contribution in [1.82, 2.24) is 4.98 Å². The van der Waals surface area contributed by atoms with Gasteiger partial charge in [-0.3, -0.25) is 0 Å². The lowest BCUT2D eigenvalue weighted by molar-refractivity contribution is 0.124. The van der Waals surface area contributed by atoms with Crippen molar-refractivity contribution in [1.29, 1.82) is 0 Å². The third-order valence-corrected chi connectivity index (χ3v) is 4.70. The standard InChI is InChI=1S/C28H31NO/c1-5-6-7-11-22-16-18-23(19-17-22)20-21-24-12-8-9-13-25(24)26-14-10-15-27(29-26)30-28(2,3)4/h8-10,12-19H,5-7,11H2,1-4H3. The predicted molar refractivity (Wildman–Crippen MR) is 126 cm³/mol. The van der Waals surface area contributed by atoms with E-state index in [1.165, 1.54) is 24.8 Å². The van der Waals surface area contributed by atoms with E-state index in [0.717, 1.165) is 28.8 Å². The number of hydrogen-bond acceptors (Lipinski definition) is 2. The van der Waals surface area contributed by atoms with Gasteiger partial charge in [-0.25, -0.2) is 4.98 Å². The van der Waals surface area contributed by atoms with Gasteiger partial charge >= 0.3 is 0 Å². The molecule has 0 saturated carbocycles. The lowest BCUT2D eigenvalue weighted by Gasteiger charge is -2.20. The quantitative estimate of drug-likeness (QED) is 0.328. The van der Waals surface area contributed by atoms with Crippen LogP contribution in [0.2, 0.25) is 0 Å². The van der Waals surface area contributed by atoms with Crippen molar-refractivity contribution < 1.29 is 4.74 Å². The summed E-state index contributed by atoms with van der Waals surface area (Å²) in [5, 5.41) is 0. The fraction of sp³-hybridized carbons (Fsp3) is 0.321. The molecule has 0 aliphatic carbocycles. The van der Waals surface area contributed by atoms with Crippen molar-refractivity contribution in [3.63, 3.8) is 0 Å². The summed E-state index contributed by atoms with van der Waals surface area (Å²) >= 11 is 0. The second-order valence-corrected chi connectivity index (χ2v) is 8.53. The van der Waals surface area contributed by atoms with Crippen LogP contribution in [0.4, 0.5) is 0 Å². The largest absolute Gasteiger partial charge is 0.472 e. The van der Waals surface area contributed by atoms with Gasteiger partial charge in [-0.15, -0.1) is 0 Å². The van der Waals surface area contributed by atoms with Crippen molar-refractivity contribution in [2.45, 2.75) is 59.0 Å². The zero-order chi connectivity index (χ0) is 21.4. The van der Waals surface area contributed by atoms with Crippen molar-refractivity contribution in [3.8, 4) is 29.0 Å². The first kappa shape index (κ1) is 21.7. The number of nitrogens with zero attached hydrogens (tertiary/aromatic N) is 1. The van der Waals surface area contributed by atoms with E-state index >= 15 is 0 Å². The molecule has 1 heterocycles. The van der Waals surface area contributed by atoms with E-state index in [9.17, 15) is 0 Å². The number of hydrogen-bond donors (Lipinski definition) is 0. The molecule has 1 aromatic heterocycles. The Hall–Kier alpha value is -3.05. The summed E-state index contributed by atoms with van der Waals surface area (Å²) in [7, 11) is 0. The molecule has 0 atom stereocenters. The number of benzene rings is 2. The van der Waals surface area contributed by atoms with Crippen molar-refractivity contribution in [3.05, 3.63) is 83.4 Å². The van der Waals surface area contributed by atoms with Crippen molar-refractivity contribution >= 4 is 0 Å². The molecule has 0 bridgehead atoms. The first-order valence-corrected chi connectivity index (χ1v) is 10.8. The highest BCUT2D eigenvalue weighted by atomic mass is 16.5. The number of rotatable bonds is 6. The molecule has 0 unspecified atom stereocenters. The molecule has 2 aromatic carbocycles.